The van der Waals surface area contributed by atoms with Gasteiger partial charge in [-0.15, -0.1) is 0 Å². The van der Waals surface area contributed by atoms with E-state index < -0.39 is 5.97 Å². The van der Waals surface area contributed by atoms with Crippen LogP contribution in [0.5, 0.6) is 11.5 Å². The Balaban J connectivity index is 1.26. The molecule has 2 saturated carbocycles. The number of rotatable bonds is 4. The summed E-state index contributed by atoms with van der Waals surface area (Å²) in [4.78, 5) is 40.5. The van der Waals surface area contributed by atoms with E-state index in [1.807, 2.05) is 0 Å². The molecule has 7 rings (SSSR count). The zero-order valence-corrected chi connectivity index (χ0v) is 16.9. The summed E-state index contributed by atoms with van der Waals surface area (Å²) >= 11 is 0. The molecule has 0 aromatic heterocycles. The van der Waals surface area contributed by atoms with Crippen LogP contribution in [-0.4, -0.2) is 24.9 Å². The number of hydrogen-bond donors (Lipinski definition) is 0. The molecule has 0 radical (unpaired) electrons. The fourth-order valence-electron chi connectivity index (χ4n) is 5.79. The number of carbonyl (C=O) groups excluding carboxylic acids is 3. The maximum absolute atomic E-state index is 13.3. The van der Waals surface area contributed by atoms with E-state index in [9.17, 15) is 14.4 Å². The number of methoxy groups -OCH3 is 1. The average Bonchev–Trinajstić information content (AvgIpc) is 3.57. The van der Waals surface area contributed by atoms with Crippen LogP contribution in [0.25, 0.3) is 0 Å². The second-order valence-electron chi connectivity index (χ2n) is 8.78. The van der Waals surface area contributed by atoms with Gasteiger partial charge in [0.15, 0.2) is 0 Å². The average molecular weight is 415 g/mol. The van der Waals surface area contributed by atoms with Gasteiger partial charge >= 0.3 is 5.97 Å². The summed E-state index contributed by atoms with van der Waals surface area (Å²) in [6.45, 7) is 0. The molecular weight excluding hydrogens is 394 g/mol. The fraction of sp³-hybridized carbons (Fsp3) is 0.320. The maximum Gasteiger partial charge on any atom is 0.343 e. The van der Waals surface area contributed by atoms with Crippen LogP contribution in [0.3, 0.4) is 0 Å². The van der Waals surface area contributed by atoms with E-state index in [2.05, 4.69) is 12.2 Å². The van der Waals surface area contributed by atoms with E-state index in [1.54, 1.807) is 55.6 Å². The highest BCUT2D eigenvalue weighted by Crippen LogP contribution is 2.65. The zero-order chi connectivity index (χ0) is 21.3. The Hall–Kier alpha value is -3.41. The molecule has 2 aromatic rings. The van der Waals surface area contributed by atoms with Crippen LogP contribution in [0.4, 0.5) is 5.69 Å². The van der Waals surface area contributed by atoms with Crippen LogP contribution < -0.4 is 14.4 Å². The van der Waals surface area contributed by atoms with E-state index in [0.717, 1.165) is 6.42 Å². The molecule has 3 fully saturated rings. The van der Waals surface area contributed by atoms with Crippen LogP contribution >= 0.6 is 0 Å². The molecule has 2 amide bonds. The van der Waals surface area contributed by atoms with E-state index in [-0.39, 0.29) is 41.0 Å². The largest absolute Gasteiger partial charge is 0.497 e. The third-order valence-electron chi connectivity index (χ3n) is 7.27. The van der Waals surface area contributed by atoms with Gasteiger partial charge in [-0.3, -0.25) is 9.59 Å². The topological polar surface area (TPSA) is 72.9 Å². The molecule has 4 aliphatic carbocycles. The van der Waals surface area contributed by atoms with Crippen molar-refractivity contribution in [2.75, 3.05) is 12.0 Å². The lowest BCUT2D eigenvalue weighted by Crippen LogP contribution is -2.40. The van der Waals surface area contributed by atoms with Gasteiger partial charge in [-0.25, -0.2) is 9.69 Å². The SMILES string of the molecule is COc1ccc(OC(=O)c2cccc(N3C(=O)C4C5C=CC(C6CC56)C4C3=O)c2)cc1. The fourth-order valence-corrected chi connectivity index (χ4v) is 5.79. The van der Waals surface area contributed by atoms with Crippen molar-refractivity contribution in [3.8, 4) is 11.5 Å². The highest BCUT2D eigenvalue weighted by Gasteiger charge is 2.67. The normalized spacial score (nSPS) is 32.0. The molecule has 5 aliphatic rings. The quantitative estimate of drug-likeness (QED) is 0.331. The Morgan fingerprint density at radius 1 is 0.903 bits per heavy atom. The van der Waals surface area contributed by atoms with E-state index in [0.29, 0.717) is 29.0 Å². The van der Waals surface area contributed by atoms with Crippen LogP contribution in [0, 0.1) is 35.5 Å². The number of benzene rings is 2. The van der Waals surface area contributed by atoms with Crippen molar-refractivity contribution in [1.29, 1.82) is 0 Å². The molecule has 31 heavy (non-hydrogen) atoms. The van der Waals surface area contributed by atoms with Crippen molar-refractivity contribution in [1.82, 2.24) is 0 Å². The summed E-state index contributed by atoms with van der Waals surface area (Å²) in [6.07, 6.45) is 5.43. The molecule has 6 nitrogen and oxygen atoms in total. The molecule has 2 bridgehead atoms. The van der Waals surface area contributed by atoms with Crippen molar-refractivity contribution >= 4 is 23.5 Å². The van der Waals surface area contributed by atoms with Gasteiger partial charge in [0.2, 0.25) is 11.8 Å². The molecule has 0 spiro atoms. The highest BCUT2D eigenvalue weighted by molar-refractivity contribution is 6.23. The Morgan fingerprint density at radius 3 is 2.13 bits per heavy atom. The first-order valence-electron chi connectivity index (χ1n) is 10.6. The molecule has 1 saturated heterocycles. The van der Waals surface area contributed by atoms with Gasteiger partial charge in [-0.1, -0.05) is 18.2 Å². The van der Waals surface area contributed by atoms with Gasteiger partial charge in [0.05, 0.1) is 30.2 Å². The minimum atomic E-state index is -0.550. The highest BCUT2D eigenvalue weighted by atomic mass is 16.5. The Kier molecular flexibility index (Phi) is 3.88. The minimum absolute atomic E-state index is 0.139. The number of ether oxygens (including phenoxy) is 2. The molecule has 1 heterocycles. The first-order valence-corrected chi connectivity index (χ1v) is 10.6. The van der Waals surface area contributed by atoms with Crippen molar-refractivity contribution in [3.63, 3.8) is 0 Å². The minimum Gasteiger partial charge on any atom is -0.497 e. The molecule has 0 N–H and O–H groups in total. The summed E-state index contributed by atoms with van der Waals surface area (Å²) < 4.78 is 10.5. The standard InChI is InChI=1S/C25H21NO5/c1-30-15-5-7-16(8-6-15)31-25(29)13-3-2-4-14(11-13)26-23(27)21-17-9-10-18(20-12-19(17)20)22(21)24(26)28/h2-11,17-22H,12H2,1H3. The van der Waals surface area contributed by atoms with Gasteiger partial charge < -0.3 is 9.47 Å². The van der Waals surface area contributed by atoms with E-state index in [1.165, 1.54) is 4.90 Å². The second kappa shape index (κ2) is 6.54. The number of carbonyl (C=O) groups is 3. The lowest BCUT2D eigenvalue weighted by molar-refractivity contribution is -0.124. The lowest BCUT2D eigenvalue weighted by Gasteiger charge is -2.37. The number of hydrogen-bond acceptors (Lipinski definition) is 5. The number of anilines is 1. The predicted molar refractivity (Wildman–Crippen MR) is 112 cm³/mol. The second-order valence-corrected chi connectivity index (χ2v) is 8.78. The summed E-state index contributed by atoms with van der Waals surface area (Å²) in [6, 6.07) is 13.3. The summed E-state index contributed by atoms with van der Waals surface area (Å²) in [7, 11) is 1.56. The molecular formula is C25H21NO5. The summed E-state index contributed by atoms with van der Waals surface area (Å²) in [5.41, 5.74) is 0.717. The van der Waals surface area contributed by atoms with Gasteiger partial charge in [-0.05, 0) is 72.6 Å². The monoisotopic (exact) mass is 415 g/mol. The van der Waals surface area contributed by atoms with Crippen LogP contribution in [0.1, 0.15) is 16.8 Å². The van der Waals surface area contributed by atoms with Gasteiger partial charge in [0, 0.05) is 0 Å². The number of allylic oxidation sites excluding steroid dienone is 2. The molecule has 156 valence electrons. The van der Waals surface area contributed by atoms with E-state index in [4.69, 9.17) is 9.47 Å². The van der Waals surface area contributed by atoms with Gasteiger partial charge in [-0.2, -0.15) is 0 Å². The number of esters is 1. The van der Waals surface area contributed by atoms with Gasteiger partial charge in [0.25, 0.3) is 0 Å². The third-order valence-corrected chi connectivity index (χ3v) is 7.27. The number of nitrogens with zero attached hydrogens (tertiary/aromatic N) is 1. The Labute approximate surface area is 179 Å². The van der Waals surface area contributed by atoms with Crippen LogP contribution in [0.15, 0.2) is 60.7 Å². The summed E-state index contributed by atoms with van der Waals surface area (Å²) in [5, 5.41) is 0. The summed E-state index contributed by atoms with van der Waals surface area (Å²) in [5.74, 6) is 1.15. The molecule has 2 aromatic carbocycles. The van der Waals surface area contributed by atoms with Crippen molar-refractivity contribution < 1.29 is 23.9 Å². The molecule has 6 atom stereocenters. The Morgan fingerprint density at radius 2 is 1.52 bits per heavy atom. The lowest BCUT2D eigenvalue weighted by atomic mass is 9.63. The van der Waals surface area contributed by atoms with Crippen molar-refractivity contribution in [2.24, 2.45) is 35.5 Å². The van der Waals surface area contributed by atoms with Gasteiger partial charge in [0.1, 0.15) is 11.5 Å². The molecule has 6 heteroatoms. The van der Waals surface area contributed by atoms with Crippen LogP contribution in [0.2, 0.25) is 0 Å². The zero-order valence-electron chi connectivity index (χ0n) is 16.9. The van der Waals surface area contributed by atoms with Crippen molar-refractivity contribution in [3.05, 3.63) is 66.2 Å². The predicted octanol–water partition coefficient (Wildman–Crippen LogP) is 3.47. The number of amides is 2. The maximum atomic E-state index is 13.3. The third kappa shape index (κ3) is 2.67. The first-order chi connectivity index (χ1) is 15.1. The smallest absolute Gasteiger partial charge is 0.343 e. The Bertz CT molecular complexity index is 1100. The number of imide groups is 1. The van der Waals surface area contributed by atoms with Crippen molar-refractivity contribution in [2.45, 2.75) is 6.42 Å². The first kappa shape index (κ1) is 18.4. The van der Waals surface area contributed by atoms with Crippen LogP contribution in [-0.2, 0) is 9.59 Å². The molecule has 1 aliphatic heterocycles. The molecule has 6 unspecified atom stereocenters. The van der Waals surface area contributed by atoms with E-state index >= 15 is 0 Å².